The summed E-state index contributed by atoms with van der Waals surface area (Å²) < 4.78 is 0. The number of nitriles is 1. The zero-order valence-corrected chi connectivity index (χ0v) is 10.4. The standard InChI is InChI=1S/C13H24N2/c1-12(2,11-14)7-4-5-10-15-13(3)8-6-9-13/h15H,4-10H2,1-3H3. The van der Waals surface area contributed by atoms with E-state index in [1.807, 2.05) is 13.8 Å². The van der Waals surface area contributed by atoms with Crippen molar-refractivity contribution in [2.45, 2.75) is 64.8 Å². The molecule has 0 atom stereocenters. The van der Waals surface area contributed by atoms with Crippen molar-refractivity contribution in [3.63, 3.8) is 0 Å². The van der Waals surface area contributed by atoms with Gasteiger partial charge in [-0.3, -0.25) is 0 Å². The van der Waals surface area contributed by atoms with Crippen molar-refractivity contribution in [3.05, 3.63) is 0 Å². The molecule has 86 valence electrons. The molecule has 0 aliphatic heterocycles. The second-order valence-corrected chi connectivity index (χ2v) is 5.79. The molecule has 2 heteroatoms. The summed E-state index contributed by atoms with van der Waals surface area (Å²) in [5.41, 5.74) is 0.297. The van der Waals surface area contributed by atoms with Crippen LogP contribution in [-0.2, 0) is 0 Å². The molecule has 0 amide bonds. The summed E-state index contributed by atoms with van der Waals surface area (Å²) in [5, 5.41) is 12.5. The van der Waals surface area contributed by atoms with Crippen LogP contribution in [0.3, 0.4) is 0 Å². The minimum atomic E-state index is -0.139. The highest BCUT2D eigenvalue weighted by Gasteiger charge is 2.30. The highest BCUT2D eigenvalue weighted by Crippen LogP contribution is 2.30. The van der Waals surface area contributed by atoms with Crippen molar-refractivity contribution in [1.82, 2.24) is 5.32 Å². The smallest absolute Gasteiger partial charge is 0.0683 e. The molecule has 0 saturated heterocycles. The summed E-state index contributed by atoms with van der Waals surface area (Å²) in [6.07, 6.45) is 7.41. The number of hydrogen-bond donors (Lipinski definition) is 1. The second kappa shape index (κ2) is 4.99. The van der Waals surface area contributed by atoms with Crippen LogP contribution < -0.4 is 5.32 Å². The van der Waals surface area contributed by atoms with Gasteiger partial charge in [0.2, 0.25) is 0 Å². The van der Waals surface area contributed by atoms with Gasteiger partial charge in [-0.25, -0.2) is 0 Å². The molecular formula is C13H24N2. The first kappa shape index (κ1) is 12.5. The Bertz CT molecular complexity index is 233. The predicted octanol–water partition coefficient (Wildman–Crippen LogP) is 3.24. The molecule has 0 aromatic rings. The molecule has 1 N–H and O–H groups in total. The quantitative estimate of drug-likeness (QED) is 0.680. The summed E-state index contributed by atoms with van der Waals surface area (Å²) in [6.45, 7) is 7.47. The van der Waals surface area contributed by atoms with Gasteiger partial charge in [0.25, 0.3) is 0 Å². The number of hydrogen-bond acceptors (Lipinski definition) is 2. The zero-order valence-electron chi connectivity index (χ0n) is 10.4. The predicted molar refractivity (Wildman–Crippen MR) is 63.5 cm³/mol. The molecule has 0 aromatic heterocycles. The van der Waals surface area contributed by atoms with E-state index < -0.39 is 0 Å². The molecule has 0 unspecified atom stereocenters. The van der Waals surface area contributed by atoms with E-state index in [2.05, 4.69) is 18.3 Å². The van der Waals surface area contributed by atoms with Gasteiger partial charge in [0.05, 0.1) is 11.5 Å². The zero-order chi connectivity index (χ0) is 11.4. The summed E-state index contributed by atoms with van der Waals surface area (Å²) >= 11 is 0. The van der Waals surface area contributed by atoms with Gasteiger partial charge in [-0.15, -0.1) is 0 Å². The summed E-state index contributed by atoms with van der Waals surface area (Å²) in [6, 6.07) is 2.35. The normalized spacial score (nSPS) is 19.3. The van der Waals surface area contributed by atoms with Gasteiger partial charge in [-0.2, -0.15) is 5.26 Å². The van der Waals surface area contributed by atoms with E-state index in [0.717, 1.165) is 19.4 Å². The fourth-order valence-corrected chi connectivity index (χ4v) is 2.02. The van der Waals surface area contributed by atoms with Crippen molar-refractivity contribution in [3.8, 4) is 6.07 Å². The average molecular weight is 208 g/mol. The van der Waals surface area contributed by atoms with E-state index in [0.29, 0.717) is 5.54 Å². The molecule has 0 aromatic carbocycles. The lowest BCUT2D eigenvalue weighted by Crippen LogP contribution is -2.48. The van der Waals surface area contributed by atoms with Crippen molar-refractivity contribution in [2.75, 3.05) is 6.54 Å². The maximum atomic E-state index is 8.86. The van der Waals surface area contributed by atoms with E-state index >= 15 is 0 Å². The fourth-order valence-electron chi connectivity index (χ4n) is 2.02. The first-order chi connectivity index (χ1) is 6.97. The third-order valence-corrected chi connectivity index (χ3v) is 3.54. The lowest BCUT2D eigenvalue weighted by molar-refractivity contribution is 0.207. The van der Waals surface area contributed by atoms with E-state index in [1.54, 1.807) is 0 Å². The SMILES string of the molecule is CC(C)(C#N)CCCCNC1(C)CCC1. The Labute approximate surface area is 94.1 Å². The van der Waals surface area contributed by atoms with Crippen LogP contribution in [0.15, 0.2) is 0 Å². The summed E-state index contributed by atoms with van der Waals surface area (Å²) in [7, 11) is 0. The number of unbranched alkanes of at least 4 members (excludes halogenated alkanes) is 1. The molecule has 1 saturated carbocycles. The van der Waals surface area contributed by atoms with Crippen molar-refractivity contribution < 1.29 is 0 Å². The molecule has 0 radical (unpaired) electrons. The van der Waals surface area contributed by atoms with Gasteiger partial charge >= 0.3 is 0 Å². The van der Waals surface area contributed by atoms with E-state index in [9.17, 15) is 0 Å². The third-order valence-electron chi connectivity index (χ3n) is 3.54. The Morgan fingerprint density at radius 1 is 1.33 bits per heavy atom. The van der Waals surface area contributed by atoms with Gasteiger partial charge in [0.15, 0.2) is 0 Å². The largest absolute Gasteiger partial charge is 0.312 e. The van der Waals surface area contributed by atoms with Gasteiger partial charge in [-0.05, 0) is 59.4 Å². The minimum absolute atomic E-state index is 0.139. The molecule has 2 nitrogen and oxygen atoms in total. The Kier molecular flexibility index (Phi) is 4.16. The molecule has 0 heterocycles. The number of rotatable bonds is 6. The van der Waals surface area contributed by atoms with Crippen molar-refractivity contribution >= 4 is 0 Å². The minimum Gasteiger partial charge on any atom is -0.312 e. The van der Waals surface area contributed by atoms with E-state index in [4.69, 9.17) is 5.26 Å². The summed E-state index contributed by atoms with van der Waals surface area (Å²) in [4.78, 5) is 0. The van der Waals surface area contributed by atoms with Crippen LogP contribution in [0.5, 0.6) is 0 Å². The number of nitrogens with zero attached hydrogens (tertiary/aromatic N) is 1. The van der Waals surface area contributed by atoms with Crippen LogP contribution in [0, 0.1) is 16.7 Å². The molecular weight excluding hydrogens is 184 g/mol. The van der Waals surface area contributed by atoms with Crippen LogP contribution in [0.2, 0.25) is 0 Å². The highest BCUT2D eigenvalue weighted by molar-refractivity contribution is 4.92. The Hall–Kier alpha value is -0.550. The lowest BCUT2D eigenvalue weighted by atomic mass is 9.78. The molecule has 0 spiro atoms. The topological polar surface area (TPSA) is 35.8 Å². The third kappa shape index (κ3) is 4.22. The Morgan fingerprint density at radius 2 is 2.00 bits per heavy atom. The average Bonchev–Trinajstić information content (AvgIpc) is 2.14. The van der Waals surface area contributed by atoms with Crippen LogP contribution >= 0.6 is 0 Å². The van der Waals surface area contributed by atoms with Crippen LogP contribution in [-0.4, -0.2) is 12.1 Å². The molecule has 1 aliphatic carbocycles. The van der Waals surface area contributed by atoms with Gasteiger partial charge in [0.1, 0.15) is 0 Å². The monoisotopic (exact) mass is 208 g/mol. The van der Waals surface area contributed by atoms with Crippen LogP contribution in [0.1, 0.15) is 59.3 Å². The van der Waals surface area contributed by atoms with Crippen LogP contribution in [0.25, 0.3) is 0 Å². The van der Waals surface area contributed by atoms with E-state index in [-0.39, 0.29) is 5.41 Å². The molecule has 1 rings (SSSR count). The van der Waals surface area contributed by atoms with Gasteiger partial charge in [0, 0.05) is 5.54 Å². The second-order valence-electron chi connectivity index (χ2n) is 5.79. The maximum Gasteiger partial charge on any atom is 0.0683 e. The molecule has 1 fully saturated rings. The van der Waals surface area contributed by atoms with E-state index in [1.165, 1.54) is 25.7 Å². The summed E-state index contributed by atoms with van der Waals surface area (Å²) in [5.74, 6) is 0. The first-order valence-electron chi connectivity index (χ1n) is 6.14. The molecule has 15 heavy (non-hydrogen) atoms. The fraction of sp³-hybridized carbons (Fsp3) is 0.923. The molecule has 0 bridgehead atoms. The highest BCUT2D eigenvalue weighted by atomic mass is 15.0. The van der Waals surface area contributed by atoms with Crippen molar-refractivity contribution in [1.29, 1.82) is 5.26 Å². The maximum absolute atomic E-state index is 8.86. The molecule has 1 aliphatic rings. The lowest BCUT2D eigenvalue weighted by Gasteiger charge is -2.39. The Morgan fingerprint density at radius 3 is 2.47 bits per heavy atom. The first-order valence-corrected chi connectivity index (χ1v) is 6.14. The van der Waals surface area contributed by atoms with Gasteiger partial charge < -0.3 is 5.32 Å². The number of nitrogens with one attached hydrogen (secondary N) is 1. The Balaban J connectivity index is 2.00. The van der Waals surface area contributed by atoms with Gasteiger partial charge in [-0.1, -0.05) is 6.42 Å². The van der Waals surface area contributed by atoms with Crippen LogP contribution in [0.4, 0.5) is 0 Å². The van der Waals surface area contributed by atoms with Crippen molar-refractivity contribution in [2.24, 2.45) is 5.41 Å².